The number of amidine groups is 1. The number of hydrogen-bond donors (Lipinski definition) is 2. The molecule has 2 heterocycles. The van der Waals surface area contributed by atoms with E-state index in [-0.39, 0.29) is 11.1 Å². The summed E-state index contributed by atoms with van der Waals surface area (Å²) in [7, 11) is 0. The highest BCUT2D eigenvalue weighted by Crippen LogP contribution is 2.25. The lowest BCUT2D eigenvalue weighted by atomic mass is 10.2. The topological polar surface area (TPSA) is 78.7 Å². The average molecular weight is 256 g/mol. The van der Waals surface area contributed by atoms with E-state index in [1.165, 1.54) is 0 Å². The first kappa shape index (κ1) is 10.9. The van der Waals surface area contributed by atoms with E-state index >= 15 is 0 Å². The monoisotopic (exact) mass is 256 g/mol. The molecule has 0 atom stereocenters. The fourth-order valence-corrected chi connectivity index (χ4v) is 2.37. The molecule has 6 heteroatoms. The van der Waals surface area contributed by atoms with Gasteiger partial charge in [-0.3, -0.25) is 20.2 Å². The molecule has 0 bridgehead atoms. The second kappa shape index (κ2) is 4.23. The van der Waals surface area contributed by atoms with Crippen LogP contribution in [0.15, 0.2) is 35.5 Å². The molecule has 1 fully saturated rings. The van der Waals surface area contributed by atoms with Crippen LogP contribution in [0.25, 0.3) is 17.1 Å². The number of fused-ring (bicyclic) bond motifs is 1. The molecule has 0 unspecified atom stereocenters. The van der Waals surface area contributed by atoms with Gasteiger partial charge in [0.2, 0.25) is 0 Å². The van der Waals surface area contributed by atoms with Gasteiger partial charge in [0.15, 0.2) is 5.17 Å². The lowest BCUT2D eigenvalue weighted by Crippen LogP contribution is -2.18. The van der Waals surface area contributed by atoms with Crippen LogP contribution in [0.4, 0.5) is 0 Å². The highest BCUT2D eigenvalue weighted by atomic mass is 32.2. The second-order valence-corrected chi connectivity index (χ2v) is 4.75. The Kier molecular flexibility index (Phi) is 2.56. The van der Waals surface area contributed by atoms with E-state index in [1.54, 1.807) is 18.5 Å². The molecule has 1 aromatic heterocycles. The molecule has 2 aromatic rings. The van der Waals surface area contributed by atoms with Crippen molar-refractivity contribution in [3.8, 4) is 0 Å². The molecule has 1 saturated heterocycles. The van der Waals surface area contributed by atoms with E-state index < -0.39 is 0 Å². The lowest BCUT2D eigenvalue weighted by Gasteiger charge is -1.98. The van der Waals surface area contributed by atoms with Crippen LogP contribution < -0.4 is 5.32 Å². The lowest BCUT2D eigenvalue weighted by molar-refractivity contribution is -0.115. The maximum atomic E-state index is 11.5. The fourth-order valence-electron chi connectivity index (χ4n) is 1.66. The highest BCUT2D eigenvalue weighted by Gasteiger charge is 2.22. The third-order valence-electron chi connectivity index (χ3n) is 2.45. The first-order valence-electron chi connectivity index (χ1n) is 5.22. The summed E-state index contributed by atoms with van der Waals surface area (Å²) in [5, 5.41) is 9.97. The average Bonchev–Trinajstić information content (AvgIpc) is 2.68. The van der Waals surface area contributed by atoms with Gasteiger partial charge in [0.1, 0.15) is 0 Å². The van der Waals surface area contributed by atoms with Crippen LogP contribution in [0.3, 0.4) is 0 Å². The van der Waals surface area contributed by atoms with Gasteiger partial charge in [-0.05, 0) is 35.5 Å². The van der Waals surface area contributed by atoms with Gasteiger partial charge in [-0.25, -0.2) is 0 Å². The molecule has 88 valence electrons. The van der Waals surface area contributed by atoms with E-state index in [1.807, 2.05) is 18.2 Å². The fraction of sp³-hybridized carbons (Fsp3) is 0. The summed E-state index contributed by atoms with van der Waals surface area (Å²) in [5.74, 6) is -0.232. The highest BCUT2D eigenvalue weighted by molar-refractivity contribution is 8.18. The third kappa shape index (κ3) is 1.98. The zero-order valence-corrected chi connectivity index (χ0v) is 9.99. The van der Waals surface area contributed by atoms with E-state index in [2.05, 4.69) is 15.3 Å². The van der Waals surface area contributed by atoms with Gasteiger partial charge in [-0.2, -0.15) is 0 Å². The molecule has 0 saturated carbocycles. The quantitative estimate of drug-likeness (QED) is 0.762. The summed E-state index contributed by atoms with van der Waals surface area (Å²) in [5.41, 5.74) is 2.47. The van der Waals surface area contributed by atoms with Crippen LogP contribution in [-0.4, -0.2) is 21.0 Å². The maximum absolute atomic E-state index is 11.5. The van der Waals surface area contributed by atoms with Gasteiger partial charge in [0.05, 0.1) is 15.9 Å². The Morgan fingerprint density at radius 3 is 2.72 bits per heavy atom. The standard InChI is InChI=1S/C12H8N4OS/c13-12-16-11(17)10(18-12)6-7-1-2-8-9(5-7)15-4-3-14-8/h1-6H,(H2,13,16,17). The number of thioether (sulfide) groups is 1. The van der Waals surface area contributed by atoms with Crippen LogP contribution in [-0.2, 0) is 4.79 Å². The Labute approximate surface area is 107 Å². The molecule has 0 radical (unpaired) electrons. The van der Waals surface area contributed by atoms with E-state index in [4.69, 9.17) is 5.41 Å². The van der Waals surface area contributed by atoms with Crippen molar-refractivity contribution in [2.75, 3.05) is 0 Å². The molecule has 1 amide bonds. The van der Waals surface area contributed by atoms with Crippen LogP contribution in [0.5, 0.6) is 0 Å². The molecule has 0 spiro atoms. The van der Waals surface area contributed by atoms with Crippen molar-refractivity contribution >= 4 is 39.9 Å². The second-order valence-electron chi connectivity index (χ2n) is 3.70. The summed E-state index contributed by atoms with van der Waals surface area (Å²) in [6.45, 7) is 0. The molecule has 1 aliphatic rings. The zero-order valence-electron chi connectivity index (χ0n) is 9.18. The van der Waals surface area contributed by atoms with Crippen LogP contribution in [0.2, 0.25) is 0 Å². The predicted octanol–water partition coefficient (Wildman–Crippen LogP) is 1.77. The summed E-state index contributed by atoms with van der Waals surface area (Å²) in [6, 6.07) is 5.60. The van der Waals surface area contributed by atoms with Crippen LogP contribution in [0.1, 0.15) is 5.56 Å². The Bertz CT molecular complexity index is 695. The molecule has 5 nitrogen and oxygen atoms in total. The molecule has 18 heavy (non-hydrogen) atoms. The van der Waals surface area contributed by atoms with Gasteiger partial charge in [0.25, 0.3) is 5.91 Å². The Balaban J connectivity index is 2.02. The Hall–Kier alpha value is -2.21. The first-order valence-corrected chi connectivity index (χ1v) is 6.04. The number of aromatic nitrogens is 2. The minimum absolute atomic E-state index is 0.159. The first-order chi connectivity index (χ1) is 8.72. The van der Waals surface area contributed by atoms with Gasteiger partial charge in [-0.1, -0.05) is 6.07 Å². The minimum atomic E-state index is -0.232. The van der Waals surface area contributed by atoms with Crippen molar-refractivity contribution in [1.29, 1.82) is 5.41 Å². The van der Waals surface area contributed by atoms with Gasteiger partial charge < -0.3 is 5.32 Å². The third-order valence-corrected chi connectivity index (χ3v) is 3.28. The summed E-state index contributed by atoms with van der Waals surface area (Å²) in [6.07, 6.45) is 5.02. The number of benzene rings is 1. The van der Waals surface area contributed by atoms with Crippen molar-refractivity contribution in [1.82, 2.24) is 15.3 Å². The maximum Gasteiger partial charge on any atom is 0.264 e. The van der Waals surface area contributed by atoms with Crippen LogP contribution >= 0.6 is 11.8 Å². The molecule has 1 aromatic carbocycles. The van der Waals surface area contributed by atoms with Crippen molar-refractivity contribution < 1.29 is 4.79 Å². The predicted molar refractivity (Wildman–Crippen MR) is 71.0 cm³/mol. The molecule has 1 aliphatic heterocycles. The number of carbonyl (C=O) groups excluding carboxylic acids is 1. The largest absolute Gasteiger partial charge is 0.301 e. The molecule has 3 rings (SSSR count). The zero-order chi connectivity index (χ0) is 12.5. The normalized spacial score (nSPS) is 17.4. The van der Waals surface area contributed by atoms with E-state index in [9.17, 15) is 4.79 Å². The van der Waals surface area contributed by atoms with Crippen molar-refractivity contribution in [2.45, 2.75) is 0 Å². The van der Waals surface area contributed by atoms with Crippen molar-refractivity contribution in [3.05, 3.63) is 41.1 Å². The van der Waals surface area contributed by atoms with Crippen molar-refractivity contribution in [3.63, 3.8) is 0 Å². The molecular formula is C12H8N4OS. The number of carbonyl (C=O) groups is 1. The van der Waals surface area contributed by atoms with Gasteiger partial charge in [0, 0.05) is 12.4 Å². The van der Waals surface area contributed by atoms with Gasteiger partial charge in [-0.15, -0.1) is 0 Å². The van der Waals surface area contributed by atoms with Gasteiger partial charge >= 0.3 is 0 Å². The number of nitrogens with zero attached hydrogens (tertiary/aromatic N) is 2. The van der Waals surface area contributed by atoms with E-state index in [0.717, 1.165) is 28.4 Å². The van der Waals surface area contributed by atoms with Crippen molar-refractivity contribution in [2.24, 2.45) is 0 Å². The number of amides is 1. The minimum Gasteiger partial charge on any atom is -0.301 e. The SMILES string of the molecule is N=C1NC(=O)C(=Cc2ccc3nccnc3c2)S1. The Morgan fingerprint density at radius 2 is 2.00 bits per heavy atom. The molecule has 0 aliphatic carbocycles. The summed E-state index contributed by atoms with van der Waals surface area (Å²) < 4.78 is 0. The number of nitrogens with one attached hydrogen (secondary N) is 2. The number of rotatable bonds is 1. The molecule has 2 N–H and O–H groups in total. The number of hydrogen-bond acceptors (Lipinski definition) is 5. The smallest absolute Gasteiger partial charge is 0.264 e. The summed E-state index contributed by atoms with van der Waals surface area (Å²) >= 11 is 1.12. The van der Waals surface area contributed by atoms with E-state index in [0.29, 0.717) is 4.91 Å². The van der Waals surface area contributed by atoms with Crippen LogP contribution in [0, 0.1) is 5.41 Å². The summed E-state index contributed by atoms with van der Waals surface area (Å²) in [4.78, 5) is 20.4. The Morgan fingerprint density at radius 1 is 1.22 bits per heavy atom. The molecular weight excluding hydrogens is 248 g/mol.